The van der Waals surface area contributed by atoms with Crippen LogP contribution in [0.3, 0.4) is 0 Å². The molecule has 3 heterocycles. The Morgan fingerprint density at radius 2 is 1.87 bits per heavy atom. The Morgan fingerprint density at radius 3 is 2.57 bits per heavy atom. The lowest BCUT2D eigenvalue weighted by atomic mass is 9.97. The minimum absolute atomic E-state index is 0.149. The molecule has 1 fully saturated rings. The van der Waals surface area contributed by atoms with Gasteiger partial charge in [-0.1, -0.05) is 6.07 Å². The lowest BCUT2D eigenvalue weighted by Crippen LogP contribution is -2.49. The van der Waals surface area contributed by atoms with Crippen molar-refractivity contribution in [3.05, 3.63) is 35.5 Å². The van der Waals surface area contributed by atoms with Gasteiger partial charge in [0.2, 0.25) is 15.9 Å². The number of benzene rings is 1. The molecule has 9 heteroatoms. The molecular weight excluding hydrogens is 402 g/mol. The van der Waals surface area contributed by atoms with Gasteiger partial charge in [-0.2, -0.15) is 9.40 Å². The van der Waals surface area contributed by atoms with Gasteiger partial charge in [-0.15, -0.1) is 0 Å². The smallest absolute Gasteiger partial charge is 0.227 e. The Morgan fingerprint density at radius 1 is 1.13 bits per heavy atom. The molecule has 8 nitrogen and oxygen atoms in total. The second-order valence-electron chi connectivity index (χ2n) is 8.34. The molecule has 2 aliphatic heterocycles. The number of anilines is 1. The topological polar surface area (TPSA) is 89.6 Å². The van der Waals surface area contributed by atoms with Crippen molar-refractivity contribution in [2.24, 2.45) is 0 Å². The number of carbonyl (C=O) groups excluding carboxylic acids is 1. The van der Waals surface area contributed by atoms with Crippen LogP contribution in [0, 0.1) is 0 Å². The minimum atomic E-state index is -3.19. The van der Waals surface area contributed by atoms with Gasteiger partial charge in [0.1, 0.15) is 0 Å². The first kappa shape index (κ1) is 21.0. The van der Waals surface area contributed by atoms with E-state index in [-0.39, 0.29) is 11.2 Å². The van der Waals surface area contributed by atoms with Gasteiger partial charge in [0.25, 0.3) is 0 Å². The third kappa shape index (κ3) is 3.89. The molecule has 0 atom stereocenters. The van der Waals surface area contributed by atoms with Gasteiger partial charge < -0.3 is 4.90 Å². The van der Waals surface area contributed by atoms with Gasteiger partial charge in [0.15, 0.2) is 0 Å². The maximum atomic E-state index is 12.4. The molecule has 0 unspecified atom stereocenters. The summed E-state index contributed by atoms with van der Waals surface area (Å²) in [7, 11) is -1.37. The number of H-pyrrole nitrogens is 1. The molecule has 30 heavy (non-hydrogen) atoms. The number of nitrogens with one attached hydrogen (secondary N) is 1. The van der Waals surface area contributed by atoms with Gasteiger partial charge in [-0.05, 0) is 38.0 Å². The van der Waals surface area contributed by atoms with E-state index in [9.17, 15) is 13.2 Å². The summed E-state index contributed by atoms with van der Waals surface area (Å²) in [6, 6.07) is 6.17. The van der Waals surface area contributed by atoms with E-state index in [1.54, 1.807) is 23.1 Å². The highest BCUT2D eigenvalue weighted by molar-refractivity contribution is 7.89. The molecule has 0 spiro atoms. The Hall–Kier alpha value is -2.23. The van der Waals surface area contributed by atoms with Crippen LogP contribution in [0.25, 0.3) is 11.3 Å². The highest BCUT2D eigenvalue weighted by Gasteiger charge is 2.29. The number of nitrogens with zero attached hydrogens (tertiary/aromatic N) is 4. The maximum Gasteiger partial charge on any atom is 0.227 e. The SMILES string of the molecule is CC(C)S(=O)(=O)N1CCN(Cc2cn[nH]c2-c2ccc3c(c2)CCC(=O)N3C)CC1. The van der Waals surface area contributed by atoms with Crippen molar-refractivity contribution < 1.29 is 13.2 Å². The maximum absolute atomic E-state index is 12.4. The summed E-state index contributed by atoms with van der Waals surface area (Å²) in [6.45, 7) is 6.62. The fraction of sp³-hybridized carbons (Fsp3) is 0.524. The van der Waals surface area contributed by atoms with E-state index < -0.39 is 10.0 Å². The zero-order valence-electron chi connectivity index (χ0n) is 17.8. The molecule has 2 aromatic rings. The summed E-state index contributed by atoms with van der Waals surface area (Å²) >= 11 is 0. The predicted octanol–water partition coefficient (Wildman–Crippen LogP) is 1.84. The van der Waals surface area contributed by atoms with Crippen molar-refractivity contribution in [1.82, 2.24) is 19.4 Å². The molecule has 1 saturated heterocycles. The lowest BCUT2D eigenvalue weighted by molar-refractivity contribution is -0.118. The summed E-state index contributed by atoms with van der Waals surface area (Å²) in [5.74, 6) is 0.149. The zero-order valence-corrected chi connectivity index (χ0v) is 18.6. The number of carbonyl (C=O) groups is 1. The number of fused-ring (bicyclic) bond motifs is 1. The van der Waals surface area contributed by atoms with E-state index in [0.717, 1.165) is 35.5 Å². The molecule has 1 amide bonds. The first-order valence-electron chi connectivity index (χ1n) is 10.4. The molecule has 4 rings (SSSR count). The standard InChI is InChI=1S/C21H29N5O3S/c1-15(2)30(28,29)26-10-8-25(9-11-26)14-18-13-22-23-21(18)17-4-6-19-16(12-17)5-7-20(27)24(19)3/h4,6,12-13,15H,5,7-11,14H2,1-3H3,(H,22,23). The van der Waals surface area contributed by atoms with E-state index in [4.69, 9.17) is 0 Å². The summed E-state index contributed by atoms with van der Waals surface area (Å²) in [5, 5.41) is 6.99. The molecular formula is C21H29N5O3S. The predicted molar refractivity (Wildman–Crippen MR) is 117 cm³/mol. The Bertz CT molecular complexity index is 1040. The average Bonchev–Trinajstić information content (AvgIpc) is 3.19. The van der Waals surface area contributed by atoms with Gasteiger partial charge in [0.05, 0.1) is 17.1 Å². The normalized spacial score (nSPS) is 18.8. The molecule has 1 N–H and O–H groups in total. The number of piperazine rings is 1. The quantitative estimate of drug-likeness (QED) is 0.780. The molecule has 1 aromatic carbocycles. The first-order valence-corrected chi connectivity index (χ1v) is 11.9. The first-order chi connectivity index (χ1) is 14.3. The summed E-state index contributed by atoms with van der Waals surface area (Å²) in [6.07, 6.45) is 3.14. The third-order valence-corrected chi connectivity index (χ3v) is 8.39. The van der Waals surface area contributed by atoms with Gasteiger partial charge in [0, 0.05) is 63.0 Å². The molecule has 2 aliphatic rings. The number of sulfonamides is 1. The second-order valence-corrected chi connectivity index (χ2v) is 10.8. The summed E-state index contributed by atoms with van der Waals surface area (Å²) in [5.41, 5.74) is 5.27. The molecule has 162 valence electrons. The van der Waals surface area contributed by atoms with Crippen LogP contribution in [0.2, 0.25) is 0 Å². The number of hydrogen-bond donors (Lipinski definition) is 1. The Balaban J connectivity index is 1.47. The largest absolute Gasteiger partial charge is 0.315 e. The van der Waals surface area contributed by atoms with Crippen LogP contribution in [0.4, 0.5) is 5.69 Å². The number of aromatic nitrogens is 2. The zero-order chi connectivity index (χ0) is 21.5. The summed E-state index contributed by atoms with van der Waals surface area (Å²) in [4.78, 5) is 15.9. The number of aromatic amines is 1. The Labute approximate surface area is 177 Å². The fourth-order valence-corrected chi connectivity index (χ4v) is 5.44. The van der Waals surface area contributed by atoms with Crippen LogP contribution in [0.1, 0.15) is 31.4 Å². The van der Waals surface area contributed by atoms with E-state index in [1.165, 1.54) is 5.56 Å². The van der Waals surface area contributed by atoms with Crippen molar-refractivity contribution in [3.8, 4) is 11.3 Å². The van der Waals surface area contributed by atoms with Crippen molar-refractivity contribution in [2.45, 2.75) is 38.5 Å². The van der Waals surface area contributed by atoms with Crippen LogP contribution in [-0.4, -0.2) is 72.2 Å². The number of amides is 1. The number of aryl methyl sites for hydroxylation is 1. The van der Waals surface area contributed by atoms with Gasteiger partial charge in [-0.3, -0.25) is 14.8 Å². The molecule has 0 radical (unpaired) electrons. The average molecular weight is 432 g/mol. The van der Waals surface area contributed by atoms with Crippen LogP contribution >= 0.6 is 0 Å². The monoisotopic (exact) mass is 431 g/mol. The van der Waals surface area contributed by atoms with Crippen LogP contribution in [0.15, 0.2) is 24.4 Å². The van der Waals surface area contributed by atoms with E-state index in [2.05, 4.69) is 21.2 Å². The van der Waals surface area contributed by atoms with Crippen molar-refractivity contribution >= 4 is 21.6 Å². The molecule has 0 aliphatic carbocycles. The van der Waals surface area contributed by atoms with Crippen molar-refractivity contribution in [1.29, 1.82) is 0 Å². The van der Waals surface area contributed by atoms with Gasteiger partial charge in [-0.25, -0.2) is 8.42 Å². The van der Waals surface area contributed by atoms with Crippen molar-refractivity contribution in [2.75, 3.05) is 38.1 Å². The molecule has 0 saturated carbocycles. The minimum Gasteiger partial charge on any atom is -0.315 e. The van der Waals surface area contributed by atoms with E-state index in [1.807, 2.05) is 25.4 Å². The van der Waals surface area contributed by atoms with Crippen LogP contribution < -0.4 is 4.90 Å². The van der Waals surface area contributed by atoms with E-state index in [0.29, 0.717) is 32.6 Å². The van der Waals surface area contributed by atoms with Crippen molar-refractivity contribution in [3.63, 3.8) is 0 Å². The fourth-order valence-electron chi connectivity index (χ4n) is 4.17. The molecule has 0 bridgehead atoms. The highest BCUT2D eigenvalue weighted by Crippen LogP contribution is 2.32. The lowest BCUT2D eigenvalue weighted by Gasteiger charge is -2.34. The molecule has 1 aromatic heterocycles. The number of rotatable bonds is 5. The Kier molecular flexibility index (Phi) is 5.69. The third-order valence-electron chi connectivity index (χ3n) is 6.11. The number of hydrogen-bond acceptors (Lipinski definition) is 5. The second kappa shape index (κ2) is 8.13. The van der Waals surface area contributed by atoms with Crippen LogP contribution in [0.5, 0.6) is 0 Å². The highest BCUT2D eigenvalue weighted by atomic mass is 32.2. The van der Waals surface area contributed by atoms with Crippen LogP contribution in [-0.2, 0) is 27.8 Å². The summed E-state index contributed by atoms with van der Waals surface area (Å²) < 4.78 is 26.4. The van der Waals surface area contributed by atoms with E-state index >= 15 is 0 Å². The van der Waals surface area contributed by atoms with Gasteiger partial charge >= 0.3 is 0 Å².